The Labute approximate surface area is 133 Å². The standard InChI is InChI=1S/C22H22/c1-16(2)19-10-7-11-20(15-19)21-13-12-17(3)14-22(21)18-8-5-4-6-9-18/h4-16H,1-3H3. The van der Waals surface area contributed by atoms with Crippen LogP contribution < -0.4 is 0 Å². The van der Waals surface area contributed by atoms with Crippen LogP contribution in [0.15, 0.2) is 72.8 Å². The molecule has 3 aromatic rings. The largest absolute Gasteiger partial charge is 0.0622 e. The van der Waals surface area contributed by atoms with Gasteiger partial charge < -0.3 is 0 Å². The molecular weight excluding hydrogens is 264 g/mol. The molecule has 0 radical (unpaired) electrons. The Morgan fingerprint density at radius 3 is 2.09 bits per heavy atom. The maximum Gasteiger partial charge on any atom is -0.0103 e. The molecule has 0 atom stereocenters. The quantitative estimate of drug-likeness (QED) is 0.519. The van der Waals surface area contributed by atoms with E-state index >= 15 is 0 Å². The Morgan fingerprint density at radius 2 is 1.36 bits per heavy atom. The molecular formula is C22H22. The zero-order valence-corrected chi connectivity index (χ0v) is 13.5. The smallest absolute Gasteiger partial charge is 0.0103 e. The van der Waals surface area contributed by atoms with Gasteiger partial charge in [-0.25, -0.2) is 0 Å². The second-order valence-corrected chi connectivity index (χ2v) is 6.20. The van der Waals surface area contributed by atoms with E-state index in [4.69, 9.17) is 0 Å². The van der Waals surface area contributed by atoms with Crippen LogP contribution in [0.3, 0.4) is 0 Å². The van der Waals surface area contributed by atoms with Crippen molar-refractivity contribution in [2.24, 2.45) is 0 Å². The van der Waals surface area contributed by atoms with Crippen LogP contribution in [0.25, 0.3) is 22.3 Å². The van der Waals surface area contributed by atoms with Gasteiger partial charge in [-0.3, -0.25) is 0 Å². The van der Waals surface area contributed by atoms with Gasteiger partial charge >= 0.3 is 0 Å². The molecule has 22 heavy (non-hydrogen) atoms. The fraction of sp³-hybridized carbons (Fsp3) is 0.182. The highest BCUT2D eigenvalue weighted by atomic mass is 14.1. The molecule has 0 spiro atoms. The van der Waals surface area contributed by atoms with Crippen molar-refractivity contribution >= 4 is 0 Å². The van der Waals surface area contributed by atoms with Gasteiger partial charge in [-0.1, -0.05) is 92.2 Å². The number of hydrogen-bond acceptors (Lipinski definition) is 0. The van der Waals surface area contributed by atoms with Gasteiger partial charge in [-0.2, -0.15) is 0 Å². The summed E-state index contributed by atoms with van der Waals surface area (Å²) in [4.78, 5) is 0. The van der Waals surface area contributed by atoms with Crippen LogP contribution in [0.5, 0.6) is 0 Å². The van der Waals surface area contributed by atoms with Gasteiger partial charge in [0.15, 0.2) is 0 Å². The lowest BCUT2D eigenvalue weighted by molar-refractivity contribution is 0.867. The molecule has 0 N–H and O–H groups in total. The summed E-state index contributed by atoms with van der Waals surface area (Å²) >= 11 is 0. The first-order valence-electron chi connectivity index (χ1n) is 7.91. The van der Waals surface area contributed by atoms with E-state index in [9.17, 15) is 0 Å². The zero-order chi connectivity index (χ0) is 15.5. The second kappa shape index (κ2) is 6.19. The minimum absolute atomic E-state index is 0.547. The maximum atomic E-state index is 2.32. The predicted octanol–water partition coefficient (Wildman–Crippen LogP) is 6.45. The first kappa shape index (κ1) is 14.6. The molecule has 0 aliphatic carbocycles. The van der Waals surface area contributed by atoms with Gasteiger partial charge in [0.1, 0.15) is 0 Å². The van der Waals surface area contributed by atoms with E-state index < -0.39 is 0 Å². The van der Waals surface area contributed by atoms with Crippen LogP contribution in [0.1, 0.15) is 30.9 Å². The van der Waals surface area contributed by atoms with Gasteiger partial charge in [0.05, 0.1) is 0 Å². The van der Waals surface area contributed by atoms with Crippen LogP contribution in [0, 0.1) is 6.92 Å². The minimum atomic E-state index is 0.547. The summed E-state index contributed by atoms with van der Waals surface area (Å²) in [6.07, 6.45) is 0. The zero-order valence-electron chi connectivity index (χ0n) is 13.5. The highest BCUT2D eigenvalue weighted by Gasteiger charge is 2.09. The first-order valence-corrected chi connectivity index (χ1v) is 7.91. The van der Waals surface area contributed by atoms with E-state index in [-0.39, 0.29) is 0 Å². The van der Waals surface area contributed by atoms with E-state index in [0.717, 1.165) is 0 Å². The highest BCUT2D eigenvalue weighted by Crippen LogP contribution is 2.34. The Hall–Kier alpha value is -2.34. The summed E-state index contributed by atoms with van der Waals surface area (Å²) in [7, 11) is 0. The fourth-order valence-electron chi connectivity index (χ4n) is 2.83. The lowest BCUT2D eigenvalue weighted by Gasteiger charge is -2.13. The molecule has 0 fully saturated rings. The third kappa shape index (κ3) is 2.96. The Kier molecular flexibility index (Phi) is 4.11. The minimum Gasteiger partial charge on any atom is -0.0622 e. The van der Waals surface area contributed by atoms with Gasteiger partial charge in [0.25, 0.3) is 0 Å². The van der Waals surface area contributed by atoms with Crippen LogP contribution in [-0.4, -0.2) is 0 Å². The van der Waals surface area contributed by atoms with E-state index in [1.54, 1.807) is 0 Å². The fourth-order valence-corrected chi connectivity index (χ4v) is 2.83. The summed E-state index contributed by atoms with van der Waals surface area (Å²) in [6, 6.07) is 26.3. The van der Waals surface area contributed by atoms with Crippen molar-refractivity contribution in [2.45, 2.75) is 26.7 Å². The average Bonchev–Trinajstić information content (AvgIpc) is 2.55. The van der Waals surface area contributed by atoms with Crippen LogP contribution in [0.2, 0.25) is 0 Å². The lowest BCUT2D eigenvalue weighted by Crippen LogP contribution is -1.90. The molecule has 0 heterocycles. The Morgan fingerprint density at radius 1 is 0.636 bits per heavy atom. The van der Waals surface area contributed by atoms with Crippen LogP contribution in [-0.2, 0) is 0 Å². The third-order valence-corrected chi connectivity index (χ3v) is 4.12. The molecule has 0 aromatic heterocycles. The summed E-state index contributed by atoms with van der Waals surface area (Å²) < 4.78 is 0. The topological polar surface area (TPSA) is 0 Å². The van der Waals surface area contributed by atoms with Crippen molar-refractivity contribution in [3.05, 3.63) is 83.9 Å². The van der Waals surface area contributed by atoms with E-state index in [0.29, 0.717) is 5.92 Å². The van der Waals surface area contributed by atoms with Crippen LogP contribution >= 0.6 is 0 Å². The van der Waals surface area contributed by atoms with Crippen molar-refractivity contribution in [1.29, 1.82) is 0 Å². The van der Waals surface area contributed by atoms with Crippen molar-refractivity contribution in [1.82, 2.24) is 0 Å². The number of hydrogen-bond donors (Lipinski definition) is 0. The van der Waals surface area contributed by atoms with Crippen molar-refractivity contribution in [3.8, 4) is 22.3 Å². The van der Waals surface area contributed by atoms with Crippen LogP contribution in [0.4, 0.5) is 0 Å². The molecule has 3 rings (SSSR count). The average molecular weight is 286 g/mol. The summed E-state index contributed by atoms with van der Waals surface area (Å²) in [5, 5.41) is 0. The molecule has 0 heteroatoms. The van der Waals surface area contributed by atoms with Gasteiger partial charge in [0, 0.05) is 0 Å². The number of rotatable bonds is 3. The van der Waals surface area contributed by atoms with E-state index in [2.05, 4.69) is 93.6 Å². The molecule has 0 nitrogen and oxygen atoms in total. The number of aryl methyl sites for hydroxylation is 1. The summed E-state index contributed by atoms with van der Waals surface area (Å²) in [5.74, 6) is 0.547. The Balaban J connectivity index is 2.17. The second-order valence-electron chi connectivity index (χ2n) is 6.20. The van der Waals surface area contributed by atoms with Crippen molar-refractivity contribution in [3.63, 3.8) is 0 Å². The SMILES string of the molecule is Cc1ccc(-c2cccc(C(C)C)c2)c(-c2ccccc2)c1. The van der Waals surface area contributed by atoms with E-state index in [1.807, 2.05) is 0 Å². The molecule has 0 saturated carbocycles. The predicted molar refractivity (Wildman–Crippen MR) is 96.1 cm³/mol. The molecule has 0 amide bonds. The summed E-state index contributed by atoms with van der Waals surface area (Å²) in [6.45, 7) is 6.64. The maximum absolute atomic E-state index is 2.32. The molecule has 0 saturated heterocycles. The molecule has 0 aliphatic heterocycles. The highest BCUT2D eigenvalue weighted by molar-refractivity contribution is 5.84. The molecule has 110 valence electrons. The first-order chi connectivity index (χ1) is 10.6. The number of benzene rings is 3. The monoisotopic (exact) mass is 286 g/mol. The van der Waals surface area contributed by atoms with Crippen molar-refractivity contribution in [2.75, 3.05) is 0 Å². The molecule has 0 unspecified atom stereocenters. The molecule has 0 bridgehead atoms. The summed E-state index contributed by atoms with van der Waals surface area (Å²) in [5.41, 5.74) is 7.86. The van der Waals surface area contributed by atoms with Gasteiger partial charge in [-0.15, -0.1) is 0 Å². The Bertz CT molecular complexity index is 767. The molecule has 3 aromatic carbocycles. The van der Waals surface area contributed by atoms with Gasteiger partial charge in [0.2, 0.25) is 0 Å². The lowest BCUT2D eigenvalue weighted by atomic mass is 9.91. The van der Waals surface area contributed by atoms with Gasteiger partial charge in [-0.05, 0) is 40.7 Å². The van der Waals surface area contributed by atoms with E-state index in [1.165, 1.54) is 33.4 Å². The molecule has 0 aliphatic rings. The third-order valence-electron chi connectivity index (χ3n) is 4.12. The van der Waals surface area contributed by atoms with Crippen molar-refractivity contribution < 1.29 is 0 Å². The normalized spacial score (nSPS) is 10.9.